The summed E-state index contributed by atoms with van der Waals surface area (Å²) in [6.45, 7) is 1.99. The van der Waals surface area contributed by atoms with Gasteiger partial charge in [-0.25, -0.2) is 4.79 Å². The van der Waals surface area contributed by atoms with Crippen LogP contribution in [0.2, 0.25) is 5.02 Å². The summed E-state index contributed by atoms with van der Waals surface area (Å²) in [6, 6.07) is 16.7. The molecule has 8 nitrogen and oxygen atoms in total. The number of carbonyl (C=O) groups excluding carboxylic acids is 1. The second-order valence-electron chi connectivity index (χ2n) is 8.58. The van der Waals surface area contributed by atoms with Crippen LogP contribution < -0.4 is 9.21 Å². The van der Waals surface area contributed by atoms with Crippen LogP contribution in [-0.2, 0) is 26.2 Å². The molecule has 0 saturated carbocycles. The van der Waals surface area contributed by atoms with E-state index in [1.54, 1.807) is 0 Å². The van der Waals surface area contributed by atoms with Crippen molar-refractivity contribution in [3.8, 4) is 5.75 Å². The lowest BCUT2D eigenvalue weighted by Gasteiger charge is -2.32. The van der Waals surface area contributed by atoms with E-state index in [2.05, 4.69) is 14.7 Å². The first-order valence-electron chi connectivity index (χ1n) is 11.6. The fourth-order valence-electron chi connectivity index (χ4n) is 3.90. The molecule has 4 rings (SSSR count). The van der Waals surface area contributed by atoms with Gasteiger partial charge in [-0.1, -0.05) is 64.6 Å². The van der Waals surface area contributed by atoms with E-state index in [9.17, 15) is 30.8 Å². The molecule has 2 heterocycles. The number of hydrogen-bond acceptors (Lipinski definition) is 7. The predicted octanol–water partition coefficient (Wildman–Crippen LogP) is 5.13. The molecular weight excluding hydrogens is 566 g/mol. The van der Waals surface area contributed by atoms with E-state index in [0.717, 1.165) is 30.3 Å². The van der Waals surface area contributed by atoms with Crippen LogP contribution in [-0.4, -0.2) is 49.6 Å². The molecular formula is C25H22ClF4N3O5S. The van der Waals surface area contributed by atoms with E-state index in [1.807, 2.05) is 30.3 Å². The molecule has 0 N–H and O–H groups in total. The van der Waals surface area contributed by atoms with Crippen LogP contribution in [0.5, 0.6) is 5.75 Å². The van der Waals surface area contributed by atoms with E-state index < -0.39 is 54.4 Å². The van der Waals surface area contributed by atoms with Crippen LogP contribution in [0.4, 0.5) is 23.4 Å². The van der Waals surface area contributed by atoms with Gasteiger partial charge in [0.15, 0.2) is 0 Å². The van der Waals surface area contributed by atoms with Crippen LogP contribution in [0.15, 0.2) is 71.6 Å². The molecule has 0 aliphatic carbocycles. The fraction of sp³-hybridized carbons (Fsp3) is 0.280. The standard InChI is InChI=1S/C25H22ClF4N3O5S/c26-22-20(37-18-11-13-32(14-12-18)16-17-7-3-1-4-8-17)15-21(27)31-23(22)33(38-24(34)25(28,29)30)39(35,36)19-9-5-2-6-10-19/h1-10,15,18H,11-14,16H2. The zero-order valence-corrected chi connectivity index (χ0v) is 21.7. The van der Waals surface area contributed by atoms with Crippen molar-refractivity contribution in [3.63, 3.8) is 0 Å². The van der Waals surface area contributed by atoms with Gasteiger partial charge in [0.2, 0.25) is 11.8 Å². The SMILES string of the molecule is O=C(ON(c1nc(F)cc(OC2CCN(Cc3ccccc3)CC2)c1Cl)S(=O)(=O)c1ccccc1)C(F)(F)F. The van der Waals surface area contributed by atoms with E-state index in [-0.39, 0.29) is 5.75 Å². The summed E-state index contributed by atoms with van der Waals surface area (Å²) in [4.78, 5) is 20.8. The van der Waals surface area contributed by atoms with Crippen LogP contribution >= 0.6 is 11.6 Å². The van der Waals surface area contributed by atoms with Gasteiger partial charge < -0.3 is 9.57 Å². The van der Waals surface area contributed by atoms with Crippen molar-refractivity contribution < 1.29 is 40.3 Å². The Morgan fingerprint density at radius 3 is 2.23 bits per heavy atom. The summed E-state index contributed by atoms with van der Waals surface area (Å²) >= 11 is 6.28. The smallest absolute Gasteiger partial charge is 0.488 e. The number of rotatable bonds is 8. The van der Waals surface area contributed by atoms with Crippen molar-refractivity contribution in [2.75, 3.05) is 17.6 Å². The lowest BCUT2D eigenvalue weighted by atomic mass is 10.1. The van der Waals surface area contributed by atoms with Gasteiger partial charge in [-0.3, -0.25) is 4.90 Å². The third kappa shape index (κ3) is 6.97. The predicted molar refractivity (Wildman–Crippen MR) is 133 cm³/mol. The minimum atomic E-state index is -5.57. The molecule has 0 amide bonds. The Hall–Kier alpha value is -3.42. The van der Waals surface area contributed by atoms with Crippen molar-refractivity contribution in [2.45, 2.75) is 36.6 Å². The zero-order chi connectivity index (χ0) is 28.2. The van der Waals surface area contributed by atoms with Gasteiger partial charge in [0.05, 0.1) is 4.90 Å². The number of alkyl halides is 3. The lowest BCUT2D eigenvalue weighted by molar-refractivity contribution is -0.199. The Morgan fingerprint density at radius 1 is 1.05 bits per heavy atom. The summed E-state index contributed by atoms with van der Waals surface area (Å²) in [6.07, 6.45) is -5.01. The highest BCUT2D eigenvalue weighted by molar-refractivity contribution is 7.92. The second kappa shape index (κ2) is 11.8. The topological polar surface area (TPSA) is 89.0 Å². The molecule has 0 unspecified atom stereocenters. The van der Waals surface area contributed by atoms with Gasteiger partial charge in [-0.15, -0.1) is 0 Å². The molecule has 1 aliphatic heterocycles. The number of hydrogen-bond donors (Lipinski definition) is 0. The maximum Gasteiger partial charge on any atom is 0.493 e. The Balaban J connectivity index is 1.59. The van der Waals surface area contributed by atoms with Gasteiger partial charge in [0.1, 0.15) is 16.9 Å². The molecule has 0 bridgehead atoms. The highest BCUT2D eigenvalue weighted by Crippen LogP contribution is 2.38. The van der Waals surface area contributed by atoms with Gasteiger partial charge in [-0.05, 0) is 30.5 Å². The van der Waals surface area contributed by atoms with Crippen molar-refractivity contribution in [2.24, 2.45) is 0 Å². The first-order valence-corrected chi connectivity index (χ1v) is 13.5. The number of halogens is 5. The monoisotopic (exact) mass is 587 g/mol. The molecule has 1 aliphatic rings. The Bertz CT molecular complexity index is 1400. The largest absolute Gasteiger partial charge is 0.493 e. The third-order valence-electron chi connectivity index (χ3n) is 5.78. The summed E-state index contributed by atoms with van der Waals surface area (Å²) < 4.78 is 85.2. The number of anilines is 1. The van der Waals surface area contributed by atoms with Crippen molar-refractivity contribution in [1.29, 1.82) is 0 Å². The number of piperidine rings is 1. The minimum Gasteiger partial charge on any atom is -0.488 e. The zero-order valence-electron chi connectivity index (χ0n) is 20.1. The van der Waals surface area contributed by atoms with Crippen molar-refractivity contribution >= 4 is 33.4 Å². The Morgan fingerprint density at radius 2 is 1.64 bits per heavy atom. The molecule has 2 aromatic carbocycles. The summed E-state index contributed by atoms with van der Waals surface area (Å²) in [5, 5.41) is -0.655. The number of benzene rings is 2. The Labute approximate surface area is 226 Å². The first kappa shape index (κ1) is 28.6. The summed E-state index contributed by atoms with van der Waals surface area (Å²) in [7, 11) is -5.02. The molecule has 0 radical (unpaired) electrons. The minimum absolute atomic E-state index is 0.364. The van der Waals surface area contributed by atoms with Gasteiger partial charge in [0, 0.05) is 25.7 Å². The van der Waals surface area contributed by atoms with Gasteiger partial charge in [0.25, 0.3) is 10.0 Å². The average Bonchev–Trinajstić information content (AvgIpc) is 2.90. The van der Waals surface area contributed by atoms with Gasteiger partial charge >= 0.3 is 12.1 Å². The first-order chi connectivity index (χ1) is 18.4. The molecule has 1 aromatic heterocycles. The van der Waals surface area contributed by atoms with Crippen molar-refractivity contribution in [3.05, 3.63) is 83.3 Å². The van der Waals surface area contributed by atoms with Crippen LogP contribution in [0.3, 0.4) is 0 Å². The van der Waals surface area contributed by atoms with E-state index in [4.69, 9.17) is 16.3 Å². The molecule has 1 fully saturated rings. The fourth-order valence-corrected chi connectivity index (χ4v) is 5.39. The number of ether oxygens (including phenoxy) is 1. The summed E-state index contributed by atoms with van der Waals surface area (Å²) in [5.41, 5.74) is 1.13. The number of likely N-dealkylation sites (tertiary alicyclic amines) is 1. The maximum absolute atomic E-state index is 14.5. The molecule has 39 heavy (non-hydrogen) atoms. The van der Waals surface area contributed by atoms with E-state index in [0.29, 0.717) is 25.9 Å². The average molecular weight is 588 g/mol. The van der Waals surface area contributed by atoms with E-state index in [1.165, 1.54) is 18.2 Å². The van der Waals surface area contributed by atoms with Gasteiger partial charge in [-0.2, -0.15) is 31.0 Å². The second-order valence-corrected chi connectivity index (χ2v) is 10.7. The number of sulfonamides is 1. The number of aromatic nitrogens is 1. The number of carbonyl (C=O) groups is 1. The number of pyridine rings is 1. The highest BCUT2D eigenvalue weighted by atomic mass is 35.5. The molecule has 0 atom stereocenters. The summed E-state index contributed by atoms with van der Waals surface area (Å²) in [5.74, 6) is -5.66. The quantitative estimate of drug-likeness (QED) is 0.205. The normalized spacial score (nSPS) is 15.1. The molecule has 14 heteroatoms. The molecule has 208 valence electrons. The number of nitrogens with zero attached hydrogens (tertiary/aromatic N) is 3. The van der Waals surface area contributed by atoms with Crippen LogP contribution in [0.1, 0.15) is 18.4 Å². The molecule has 0 spiro atoms. The van der Waals surface area contributed by atoms with Crippen LogP contribution in [0.25, 0.3) is 0 Å². The molecule has 3 aromatic rings. The highest BCUT2D eigenvalue weighted by Gasteiger charge is 2.46. The maximum atomic E-state index is 14.5. The van der Waals surface area contributed by atoms with Crippen molar-refractivity contribution in [1.82, 2.24) is 9.88 Å². The Kier molecular flexibility index (Phi) is 8.62. The lowest BCUT2D eigenvalue weighted by Crippen LogP contribution is -2.39. The third-order valence-corrected chi connectivity index (χ3v) is 7.69. The van der Waals surface area contributed by atoms with Crippen LogP contribution in [0, 0.1) is 5.95 Å². The van der Waals surface area contributed by atoms with E-state index >= 15 is 0 Å². The molecule has 1 saturated heterocycles.